The highest BCUT2D eigenvalue weighted by Gasteiger charge is 2.27. The van der Waals surface area contributed by atoms with Crippen molar-refractivity contribution in [3.8, 4) is 44.6 Å². The van der Waals surface area contributed by atoms with E-state index >= 15 is 0 Å². The average molecular weight is 601 g/mol. The van der Waals surface area contributed by atoms with Crippen LogP contribution in [0.15, 0.2) is 126 Å². The Morgan fingerprint density at radius 3 is 1.96 bits per heavy atom. The van der Waals surface area contributed by atoms with Crippen LogP contribution in [0.25, 0.3) is 66.6 Å². The largest absolute Gasteiger partial charge is 0.454 e. The molecule has 0 radical (unpaired) electrons. The minimum absolute atomic E-state index is 0.0511. The number of pyridine rings is 1. The van der Waals surface area contributed by atoms with Gasteiger partial charge in [0.15, 0.2) is 6.20 Å². The second-order valence-corrected chi connectivity index (χ2v) is 14.0. The fraction of sp³-hybridized carbons (Fsp3) is 0.205. The third-order valence-electron chi connectivity index (χ3n) is 9.36. The quantitative estimate of drug-likeness (QED) is 0.180. The van der Waals surface area contributed by atoms with E-state index in [0.717, 1.165) is 44.3 Å². The number of para-hydroxylation sites is 1. The molecule has 0 atom stereocenters. The number of rotatable bonds is 5. The summed E-state index contributed by atoms with van der Waals surface area (Å²) < 4.78 is 9.13. The molecule has 0 N–H and O–H groups in total. The summed E-state index contributed by atoms with van der Waals surface area (Å²) >= 11 is 0. The van der Waals surface area contributed by atoms with E-state index in [1.165, 1.54) is 38.9 Å². The fourth-order valence-corrected chi connectivity index (χ4v) is 6.93. The second-order valence-electron chi connectivity index (χ2n) is 14.0. The van der Waals surface area contributed by atoms with Crippen LogP contribution >= 0.6 is 0 Å². The maximum Gasteiger partial charge on any atom is 0.216 e. The summed E-state index contributed by atoms with van der Waals surface area (Å²) in [7, 11) is 2.14. The second kappa shape index (κ2) is 11.4. The van der Waals surface area contributed by atoms with Crippen LogP contribution in [0.2, 0.25) is 0 Å². The van der Waals surface area contributed by atoms with E-state index in [1.54, 1.807) is 0 Å². The van der Waals surface area contributed by atoms with E-state index in [9.17, 15) is 0 Å². The van der Waals surface area contributed by atoms with Crippen molar-refractivity contribution in [2.45, 2.75) is 52.9 Å². The molecule has 0 saturated heterocycles. The van der Waals surface area contributed by atoms with Gasteiger partial charge in [-0.2, -0.15) is 0 Å². The van der Waals surface area contributed by atoms with Crippen molar-refractivity contribution in [2.75, 3.05) is 0 Å². The van der Waals surface area contributed by atoms with Gasteiger partial charge in [0.25, 0.3) is 0 Å². The fourth-order valence-electron chi connectivity index (χ4n) is 6.93. The van der Waals surface area contributed by atoms with Crippen molar-refractivity contribution in [3.63, 3.8) is 0 Å². The van der Waals surface area contributed by atoms with E-state index in [4.69, 9.17) is 4.42 Å². The van der Waals surface area contributed by atoms with Gasteiger partial charge in [0.2, 0.25) is 5.69 Å². The zero-order valence-electron chi connectivity index (χ0n) is 28.0. The normalized spacial score (nSPS) is 12.0. The minimum Gasteiger partial charge on any atom is -0.454 e. The molecule has 0 aliphatic carbocycles. The number of benzene rings is 5. The molecule has 2 heterocycles. The minimum atomic E-state index is -0.0511. The number of fused-ring (bicyclic) bond motifs is 3. The van der Waals surface area contributed by atoms with Crippen molar-refractivity contribution in [2.24, 2.45) is 7.05 Å². The summed E-state index contributed by atoms with van der Waals surface area (Å²) in [5.74, 6) is 0.356. The first-order valence-electron chi connectivity index (χ1n) is 16.4. The Morgan fingerprint density at radius 2 is 1.28 bits per heavy atom. The lowest BCUT2D eigenvalue weighted by Crippen LogP contribution is -2.30. The Balaban J connectivity index is 1.48. The van der Waals surface area contributed by atoms with E-state index in [-0.39, 0.29) is 5.41 Å². The Hall–Kier alpha value is -4.95. The van der Waals surface area contributed by atoms with Crippen LogP contribution in [-0.4, -0.2) is 0 Å². The molecule has 2 heteroatoms. The molecular formula is C44H42NO+. The number of aromatic nitrogens is 1. The van der Waals surface area contributed by atoms with Crippen molar-refractivity contribution in [1.82, 2.24) is 0 Å². The number of hydrogen-bond acceptors (Lipinski definition) is 1. The number of nitrogens with zero attached hydrogens (tertiary/aromatic N) is 1. The molecule has 0 unspecified atom stereocenters. The predicted octanol–water partition coefficient (Wildman–Crippen LogP) is 11.8. The molecule has 0 aliphatic heterocycles. The number of furan rings is 1. The Kier molecular flexibility index (Phi) is 7.40. The predicted molar refractivity (Wildman–Crippen MR) is 194 cm³/mol. The van der Waals surface area contributed by atoms with Crippen molar-refractivity contribution < 1.29 is 8.98 Å². The lowest BCUT2D eigenvalue weighted by Gasteiger charge is -2.28. The van der Waals surface area contributed by atoms with Crippen molar-refractivity contribution >= 4 is 21.9 Å². The molecule has 5 aromatic carbocycles. The van der Waals surface area contributed by atoms with Crippen LogP contribution < -0.4 is 4.57 Å². The van der Waals surface area contributed by atoms with Crippen LogP contribution in [0.5, 0.6) is 0 Å². The van der Waals surface area contributed by atoms with E-state index in [2.05, 4.69) is 175 Å². The standard InChI is InChI=1S/C44H42NO/c1-28(2)37-25-33(30-15-10-8-11-16-30)26-38(44(4,5)6)41(37)32-23-24-45(7)39(27-32)40-29(3)21-22-36-35-20-14-19-34(42(35)46-43(36)40)31-17-12-9-13-18-31/h8-28H,1-7H3/q+1. The third-order valence-corrected chi connectivity index (χ3v) is 9.36. The molecule has 0 amide bonds. The molecule has 228 valence electrons. The summed E-state index contributed by atoms with van der Waals surface area (Å²) in [6, 6.07) is 41.7. The lowest BCUT2D eigenvalue weighted by atomic mass is 9.76. The van der Waals surface area contributed by atoms with E-state index < -0.39 is 0 Å². The van der Waals surface area contributed by atoms with Gasteiger partial charge in [0.05, 0.1) is 5.56 Å². The first-order valence-corrected chi connectivity index (χ1v) is 16.4. The molecule has 0 aliphatic rings. The number of aryl methyl sites for hydroxylation is 2. The molecule has 0 saturated carbocycles. The van der Waals surface area contributed by atoms with Gasteiger partial charge in [-0.05, 0) is 68.8 Å². The van der Waals surface area contributed by atoms with Crippen molar-refractivity contribution in [1.29, 1.82) is 0 Å². The monoisotopic (exact) mass is 600 g/mol. The SMILES string of the molecule is Cc1ccc2c(oc3c(-c4ccccc4)cccc32)c1-c1cc(-c2c(C(C)C)cc(-c3ccccc3)cc2C(C)(C)C)cc[n+]1C. The zero-order valence-corrected chi connectivity index (χ0v) is 28.0. The molecule has 2 aromatic heterocycles. The van der Waals surface area contributed by atoms with Gasteiger partial charge in [0.1, 0.15) is 18.2 Å². The first kappa shape index (κ1) is 29.7. The van der Waals surface area contributed by atoms with Crippen LogP contribution in [-0.2, 0) is 12.5 Å². The van der Waals surface area contributed by atoms with Crippen molar-refractivity contribution in [3.05, 3.63) is 138 Å². The molecule has 7 rings (SSSR count). The van der Waals surface area contributed by atoms with Crippen LogP contribution in [0.4, 0.5) is 0 Å². The molecule has 46 heavy (non-hydrogen) atoms. The van der Waals surface area contributed by atoms with Gasteiger partial charge >= 0.3 is 0 Å². The summed E-state index contributed by atoms with van der Waals surface area (Å²) in [4.78, 5) is 0. The van der Waals surface area contributed by atoms with Gasteiger partial charge in [-0.15, -0.1) is 0 Å². The first-order chi connectivity index (χ1) is 22.1. The Bertz CT molecular complexity index is 2210. The summed E-state index contributed by atoms with van der Waals surface area (Å²) in [5.41, 5.74) is 15.4. The highest BCUT2D eigenvalue weighted by atomic mass is 16.3. The van der Waals surface area contributed by atoms with E-state index in [0.29, 0.717) is 5.92 Å². The average Bonchev–Trinajstić information content (AvgIpc) is 3.44. The molecule has 0 fully saturated rings. The van der Waals surface area contributed by atoms with Gasteiger partial charge in [-0.1, -0.05) is 132 Å². The van der Waals surface area contributed by atoms with E-state index in [1.807, 2.05) is 0 Å². The summed E-state index contributed by atoms with van der Waals surface area (Å²) in [6.45, 7) is 13.8. The number of hydrogen-bond donors (Lipinski definition) is 0. The molecule has 2 nitrogen and oxygen atoms in total. The highest BCUT2D eigenvalue weighted by molar-refractivity contribution is 6.13. The van der Waals surface area contributed by atoms with Crippen LogP contribution in [0, 0.1) is 6.92 Å². The third kappa shape index (κ3) is 5.12. The Labute approximate surface area is 273 Å². The maximum atomic E-state index is 6.90. The summed E-state index contributed by atoms with van der Waals surface area (Å²) in [6.07, 6.45) is 2.21. The smallest absolute Gasteiger partial charge is 0.216 e. The van der Waals surface area contributed by atoms with Gasteiger partial charge in [-0.25, -0.2) is 4.57 Å². The maximum absolute atomic E-state index is 6.90. The molecule has 7 aromatic rings. The highest BCUT2D eigenvalue weighted by Crippen LogP contribution is 2.44. The molecule has 0 spiro atoms. The Morgan fingerprint density at radius 1 is 0.609 bits per heavy atom. The van der Waals surface area contributed by atoms with Gasteiger partial charge < -0.3 is 4.42 Å². The lowest BCUT2D eigenvalue weighted by molar-refractivity contribution is -0.660. The molecule has 0 bridgehead atoms. The molecular weight excluding hydrogens is 558 g/mol. The van der Waals surface area contributed by atoms with Gasteiger partial charge in [0, 0.05) is 28.5 Å². The zero-order chi connectivity index (χ0) is 32.2. The summed E-state index contributed by atoms with van der Waals surface area (Å²) in [5, 5.41) is 2.29. The topological polar surface area (TPSA) is 17.0 Å². The van der Waals surface area contributed by atoms with Crippen LogP contribution in [0.1, 0.15) is 57.2 Å². The van der Waals surface area contributed by atoms with Gasteiger partial charge in [-0.3, -0.25) is 0 Å². The van der Waals surface area contributed by atoms with Crippen LogP contribution in [0.3, 0.4) is 0 Å².